The fraction of sp³-hybridized carbons (Fsp3) is 0.364. The fourth-order valence-electron chi connectivity index (χ4n) is 3.54. The van der Waals surface area contributed by atoms with Crippen LogP contribution in [-0.4, -0.2) is 34.7 Å². The third-order valence-corrected chi connectivity index (χ3v) is 4.96. The second-order valence-electron chi connectivity index (χ2n) is 6.88. The molecule has 0 bridgehead atoms. The van der Waals surface area contributed by atoms with Crippen LogP contribution in [0.1, 0.15) is 37.0 Å². The van der Waals surface area contributed by atoms with Crippen molar-refractivity contribution in [2.45, 2.75) is 38.3 Å². The van der Waals surface area contributed by atoms with Crippen LogP contribution in [0, 0.1) is 5.92 Å². The number of aliphatic hydroxyl groups excluding tert-OH is 1. The van der Waals surface area contributed by atoms with Crippen LogP contribution in [-0.2, 0) is 16.0 Å². The Morgan fingerprint density at radius 1 is 1.15 bits per heavy atom. The number of cyclic esters (lactones) is 1. The number of carbonyl (C=O) groups is 2. The van der Waals surface area contributed by atoms with Gasteiger partial charge in [0.25, 0.3) is 0 Å². The molecular weight excluding hydrogens is 342 g/mol. The highest BCUT2D eigenvalue weighted by Crippen LogP contribution is 2.30. The van der Waals surface area contributed by atoms with Crippen molar-refractivity contribution in [3.05, 3.63) is 71.8 Å². The maximum absolute atomic E-state index is 13.3. The van der Waals surface area contributed by atoms with Gasteiger partial charge in [-0.25, -0.2) is 9.69 Å². The summed E-state index contributed by atoms with van der Waals surface area (Å²) in [5.41, 5.74) is 1.59. The van der Waals surface area contributed by atoms with Gasteiger partial charge in [-0.15, -0.1) is 0 Å². The Bertz CT molecular complexity index is 762. The van der Waals surface area contributed by atoms with E-state index in [4.69, 9.17) is 4.74 Å². The van der Waals surface area contributed by atoms with E-state index in [9.17, 15) is 14.7 Å². The first-order chi connectivity index (χ1) is 13.1. The van der Waals surface area contributed by atoms with Crippen molar-refractivity contribution in [1.29, 1.82) is 0 Å². The minimum atomic E-state index is -1.01. The van der Waals surface area contributed by atoms with Crippen LogP contribution in [0.3, 0.4) is 0 Å². The van der Waals surface area contributed by atoms with Crippen LogP contribution < -0.4 is 0 Å². The molecule has 0 unspecified atom stereocenters. The number of hydrogen-bond acceptors (Lipinski definition) is 4. The number of carbonyl (C=O) groups excluding carboxylic acids is 2. The molecule has 2 aromatic carbocycles. The van der Waals surface area contributed by atoms with E-state index in [0.717, 1.165) is 12.0 Å². The number of rotatable bonds is 7. The fourth-order valence-corrected chi connectivity index (χ4v) is 3.54. The molecule has 1 heterocycles. The zero-order valence-electron chi connectivity index (χ0n) is 15.5. The molecule has 0 radical (unpaired) electrons. The van der Waals surface area contributed by atoms with Gasteiger partial charge < -0.3 is 9.84 Å². The normalized spacial score (nSPS) is 18.8. The number of nitrogens with zero attached hydrogens (tertiary/aromatic N) is 1. The van der Waals surface area contributed by atoms with Crippen molar-refractivity contribution < 1.29 is 19.4 Å². The predicted molar refractivity (Wildman–Crippen MR) is 102 cm³/mol. The lowest BCUT2D eigenvalue weighted by Gasteiger charge is -2.28. The topological polar surface area (TPSA) is 66.8 Å². The lowest BCUT2D eigenvalue weighted by molar-refractivity contribution is -0.137. The molecule has 3 atom stereocenters. The number of benzene rings is 2. The third-order valence-electron chi connectivity index (χ3n) is 4.96. The van der Waals surface area contributed by atoms with E-state index in [2.05, 4.69) is 0 Å². The maximum Gasteiger partial charge on any atom is 0.416 e. The molecular formula is C22H25NO4. The van der Waals surface area contributed by atoms with E-state index in [1.54, 1.807) is 12.1 Å². The number of amides is 2. The summed E-state index contributed by atoms with van der Waals surface area (Å²) >= 11 is 0. The van der Waals surface area contributed by atoms with Gasteiger partial charge in [0, 0.05) is 0 Å². The number of hydrogen-bond donors (Lipinski definition) is 1. The molecule has 2 amide bonds. The molecule has 142 valence electrons. The summed E-state index contributed by atoms with van der Waals surface area (Å²) in [6.07, 6.45) is 0.261. The van der Waals surface area contributed by atoms with Gasteiger partial charge in [0.2, 0.25) is 5.91 Å². The Balaban J connectivity index is 1.90. The molecule has 5 nitrogen and oxygen atoms in total. The van der Waals surface area contributed by atoms with Gasteiger partial charge in [0.05, 0.1) is 18.1 Å². The molecule has 1 saturated heterocycles. The molecule has 0 spiro atoms. The highest BCUT2D eigenvalue weighted by molar-refractivity contribution is 5.95. The average molecular weight is 367 g/mol. The van der Waals surface area contributed by atoms with E-state index in [1.807, 2.05) is 55.5 Å². The van der Waals surface area contributed by atoms with Gasteiger partial charge in [0.1, 0.15) is 6.61 Å². The summed E-state index contributed by atoms with van der Waals surface area (Å²) in [7, 11) is 0. The van der Waals surface area contributed by atoms with Crippen molar-refractivity contribution in [3.8, 4) is 0 Å². The smallest absolute Gasteiger partial charge is 0.416 e. The first kappa shape index (κ1) is 19.1. The molecule has 5 heteroatoms. The largest absolute Gasteiger partial charge is 0.447 e. The molecule has 1 fully saturated rings. The Kier molecular flexibility index (Phi) is 6.24. The molecule has 1 aliphatic rings. The van der Waals surface area contributed by atoms with Crippen molar-refractivity contribution in [3.63, 3.8) is 0 Å². The van der Waals surface area contributed by atoms with Crippen molar-refractivity contribution in [1.82, 2.24) is 4.90 Å². The van der Waals surface area contributed by atoms with E-state index in [1.165, 1.54) is 4.90 Å². The van der Waals surface area contributed by atoms with Crippen LogP contribution in [0.2, 0.25) is 0 Å². The predicted octanol–water partition coefficient (Wildman–Crippen LogP) is 3.73. The van der Waals surface area contributed by atoms with Crippen LogP contribution in [0.25, 0.3) is 0 Å². The summed E-state index contributed by atoms with van der Waals surface area (Å²) in [5.74, 6) is -1.14. The van der Waals surface area contributed by atoms with Gasteiger partial charge in [-0.05, 0) is 24.0 Å². The molecule has 1 aliphatic heterocycles. The van der Waals surface area contributed by atoms with Gasteiger partial charge in [-0.1, -0.05) is 74.0 Å². The van der Waals surface area contributed by atoms with Crippen LogP contribution in [0.15, 0.2) is 60.7 Å². The van der Waals surface area contributed by atoms with Gasteiger partial charge in [-0.2, -0.15) is 0 Å². The molecule has 0 aliphatic carbocycles. The lowest BCUT2D eigenvalue weighted by atomic mass is 9.88. The molecule has 1 N–H and O–H groups in total. The molecule has 2 aromatic rings. The second-order valence-corrected chi connectivity index (χ2v) is 6.88. The minimum Gasteiger partial charge on any atom is -0.447 e. The van der Waals surface area contributed by atoms with Crippen molar-refractivity contribution in [2.75, 3.05) is 6.61 Å². The van der Waals surface area contributed by atoms with Crippen LogP contribution in [0.5, 0.6) is 0 Å². The second kappa shape index (κ2) is 8.82. The highest BCUT2D eigenvalue weighted by atomic mass is 16.6. The van der Waals surface area contributed by atoms with Gasteiger partial charge >= 0.3 is 6.09 Å². The zero-order valence-corrected chi connectivity index (χ0v) is 15.5. The number of ether oxygens (including phenoxy) is 1. The van der Waals surface area contributed by atoms with Gasteiger partial charge in [0.15, 0.2) is 0 Å². The van der Waals surface area contributed by atoms with E-state index < -0.39 is 18.1 Å². The lowest BCUT2D eigenvalue weighted by Crippen LogP contribution is -2.44. The van der Waals surface area contributed by atoms with E-state index in [-0.39, 0.29) is 18.6 Å². The molecule has 27 heavy (non-hydrogen) atoms. The van der Waals surface area contributed by atoms with Gasteiger partial charge in [-0.3, -0.25) is 4.79 Å². The Morgan fingerprint density at radius 3 is 2.41 bits per heavy atom. The monoisotopic (exact) mass is 367 g/mol. The third kappa shape index (κ3) is 4.37. The summed E-state index contributed by atoms with van der Waals surface area (Å²) in [4.78, 5) is 26.8. The molecule has 0 aromatic heterocycles. The highest BCUT2D eigenvalue weighted by Gasteiger charge is 2.42. The number of imide groups is 1. The van der Waals surface area contributed by atoms with Crippen molar-refractivity contribution in [2.24, 2.45) is 5.92 Å². The number of aliphatic hydroxyl groups is 1. The summed E-state index contributed by atoms with van der Waals surface area (Å²) in [5, 5.41) is 11.0. The maximum atomic E-state index is 13.3. The quantitative estimate of drug-likeness (QED) is 0.810. The van der Waals surface area contributed by atoms with Crippen molar-refractivity contribution >= 4 is 12.0 Å². The van der Waals surface area contributed by atoms with E-state index in [0.29, 0.717) is 18.4 Å². The zero-order chi connectivity index (χ0) is 19.2. The molecule has 0 saturated carbocycles. The molecule has 3 rings (SSSR count). The first-order valence-corrected chi connectivity index (χ1v) is 9.38. The summed E-state index contributed by atoms with van der Waals surface area (Å²) < 4.78 is 5.12. The van der Waals surface area contributed by atoms with Crippen LogP contribution >= 0.6 is 0 Å². The summed E-state index contributed by atoms with van der Waals surface area (Å²) in [6, 6.07) is 18.4. The van der Waals surface area contributed by atoms with E-state index >= 15 is 0 Å². The Hall–Kier alpha value is -2.66. The Morgan fingerprint density at radius 2 is 1.78 bits per heavy atom. The standard InChI is InChI=1S/C22H25NO4/c1-2-9-18-15-27-22(26)23(18)21(25)19(14-16-10-5-3-6-11-16)20(24)17-12-7-4-8-13-17/h3-8,10-13,18-20,24H,2,9,14-15H2,1H3/t18-,19+,20+/m0/s1. The minimum absolute atomic E-state index is 0.220. The van der Waals surface area contributed by atoms with Crippen LogP contribution in [0.4, 0.5) is 4.79 Å². The first-order valence-electron chi connectivity index (χ1n) is 9.38. The average Bonchev–Trinajstić information content (AvgIpc) is 3.07. The Labute approximate surface area is 159 Å². The SMILES string of the molecule is CCC[C@H]1COC(=O)N1C(=O)[C@H](Cc1ccccc1)[C@H](O)c1ccccc1. The summed E-state index contributed by atoms with van der Waals surface area (Å²) in [6.45, 7) is 2.23.